The number of rotatable bonds is 5. The van der Waals surface area contributed by atoms with Gasteiger partial charge >= 0.3 is 0 Å². The first-order chi connectivity index (χ1) is 14.8. The summed E-state index contributed by atoms with van der Waals surface area (Å²) in [6.45, 7) is 1.98. The van der Waals surface area contributed by atoms with Crippen LogP contribution in [-0.2, 0) is 10.0 Å². The number of benzene rings is 3. The number of carbonyl (C=O) groups excluding carboxylic acids is 1. The molecule has 158 valence electrons. The van der Waals surface area contributed by atoms with E-state index in [0.29, 0.717) is 10.8 Å². The lowest BCUT2D eigenvalue weighted by molar-refractivity contribution is 0.102. The molecule has 4 aromatic rings. The number of hydrogen-bond acceptors (Lipinski definition) is 5. The summed E-state index contributed by atoms with van der Waals surface area (Å²) >= 11 is 7.56. The number of halogens is 1. The van der Waals surface area contributed by atoms with E-state index in [4.69, 9.17) is 11.6 Å². The molecule has 0 bridgehead atoms. The average molecular weight is 472 g/mol. The van der Waals surface area contributed by atoms with Crippen LogP contribution in [0.2, 0.25) is 5.02 Å². The topological polar surface area (TPSA) is 79.4 Å². The zero-order chi connectivity index (χ0) is 22.2. The molecule has 0 spiro atoms. The molecule has 1 aromatic heterocycles. The van der Waals surface area contributed by atoms with E-state index in [-0.39, 0.29) is 15.5 Å². The molecule has 0 aliphatic heterocycles. The zero-order valence-electron chi connectivity index (χ0n) is 16.7. The van der Waals surface area contributed by atoms with Crippen molar-refractivity contribution in [3.05, 3.63) is 82.9 Å². The fourth-order valence-corrected chi connectivity index (χ4v) is 5.41. The SMILES string of the molecule is Cc1ccc2nc(NC(=O)c3cc(S(=O)(=O)N(C)c4ccccc4)ccc3Cl)sc2c1. The van der Waals surface area contributed by atoms with Crippen LogP contribution in [-0.4, -0.2) is 26.4 Å². The van der Waals surface area contributed by atoms with Gasteiger partial charge in [-0.1, -0.05) is 47.2 Å². The number of amides is 1. The molecule has 4 rings (SSSR count). The van der Waals surface area contributed by atoms with Gasteiger partial charge in [0.15, 0.2) is 5.13 Å². The molecule has 9 heteroatoms. The van der Waals surface area contributed by atoms with Crippen LogP contribution in [0.4, 0.5) is 10.8 Å². The van der Waals surface area contributed by atoms with Crippen LogP contribution in [0, 0.1) is 6.92 Å². The molecule has 0 aliphatic carbocycles. The van der Waals surface area contributed by atoms with Gasteiger partial charge in [0, 0.05) is 7.05 Å². The van der Waals surface area contributed by atoms with E-state index >= 15 is 0 Å². The molecule has 31 heavy (non-hydrogen) atoms. The highest BCUT2D eigenvalue weighted by atomic mass is 35.5. The summed E-state index contributed by atoms with van der Waals surface area (Å²) in [6.07, 6.45) is 0. The number of fused-ring (bicyclic) bond motifs is 1. The number of aromatic nitrogens is 1. The number of hydrogen-bond donors (Lipinski definition) is 1. The molecule has 0 unspecified atom stereocenters. The molecular weight excluding hydrogens is 454 g/mol. The second-order valence-electron chi connectivity index (χ2n) is 6.89. The van der Waals surface area contributed by atoms with Crippen molar-refractivity contribution in [3.63, 3.8) is 0 Å². The van der Waals surface area contributed by atoms with Crippen molar-refractivity contribution >= 4 is 59.9 Å². The minimum atomic E-state index is -3.88. The molecule has 3 aromatic carbocycles. The third-order valence-electron chi connectivity index (χ3n) is 4.73. The van der Waals surface area contributed by atoms with E-state index in [0.717, 1.165) is 20.1 Å². The molecule has 0 fully saturated rings. The summed E-state index contributed by atoms with van der Waals surface area (Å²) < 4.78 is 28.2. The van der Waals surface area contributed by atoms with Gasteiger partial charge < -0.3 is 0 Å². The number of para-hydroxylation sites is 1. The summed E-state index contributed by atoms with van der Waals surface area (Å²) in [5.41, 5.74) is 2.43. The normalized spacial score (nSPS) is 11.5. The highest BCUT2D eigenvalue weighted by Crippen LogP contribution is 2.29. The van der Waals surface area contributed by atoms with E-state index in [1.54, 1.807) is 30.3 Å². The predicted octanol–water partition coefficient (Wildman–Crippen LogP) is 5.34. The number of thiazole rings is 1. The Morgan fingerprint density at radius 2 is 1.81 bits per heavy atom. The summed E-state index contributed by atoms with van der Waals surface area (Å²) in [4.78, 5) is 17.2. The van der Waals surface area contributed by atoms with Gasteiger partial charge in [-0.15, -0.1) is 0 Å². The Bertz CT molecular complexity index is 1390. The summed E-state index contributed by atoms with van der Waals surface area (Å²) in [7, 11) is -2.42. The molecule has 0 aliphatic rings. The predicted molar refractivity (Wildman–Crippen MR) is 126 cm³/mol. The van der Waals surface area contributed by atoms with E-state index in [1.165, 1.54) is 36.6 Å². The fraction of sp³-hybridized carbons (Fsp3) is 0.0909. The van der Waals surface area contributed by atoms with Crippen LogP contribution in [0.1, 0.15) is 15.9 Å². The van der Waals surface area contributed by atoms with Gasteiger partial charge in [-0.2, -0.15) is 0 Å². The number of nitrogens with one attached hydrogen (secondary N) is 1. The van der Waals surface area contributed by atoms with Crippen LogP contribution >= 0.6 is 22.9 Å². The Hall–Kier alpha value is -2.94. The first-order valence-electron chi connectivity index (χ1n) is 9.28. The van der Waals surface area contributed by atoms with Crippen molar-refractivity contribution in [2.45, 2.75) is 11.8 Å². The minimum Gasteiger partial charge on any atom is -0.298 e. The smallest absolute Gasteiger partial charge is 0.264 e. The Morgan fingerprint density at radius 3 is 2.55 bits per heavy atom. The number of nitrogens with zero attached hydrogens (tertiary/aromatic N) is 2. The molecule has 1 heterocycles. The van der Waals surface area contributed by atoms with Gasteiger partial charge in [0.2, 0.25) is 0 Å². The van der Waals surface area contributed by atoms with Crippen LogP contribution in [0.3, 0.4) is 0 Å². The van der Waals surface area contributed by atoms with Crippen molar-refractivity contribution in [3.8, 4) is 0 Å². The van der Waals surface area contributed by atoms with Gasteiger partial charge in [-0.05, 0) is 55.0 Å². The van der Waals surface area contributed by atoms with Gasteiger partial charge in [0.1, 0.15) is 0 Å². The average Bonchev–Trinajstić information content (AvgIpc) is 3.15. The second kappa shape index (κ2) is 8.30. The summed E-state index contributed by atoms with van der Waals surface area (Å²) in [5.74, 6) is -0.528. The molecule has 0 radical (unpaired) electrons. The Morgan fingerprint density at radius 1 is 1.06 bits per heavy atom. The van der Waals surface area contributed by atoms with Gasteiger partial charge in [0.05, 0.1) is 31.4 Å². The van der Waals surface area contributed by atoms with Crippen molar-refractivity contribution in [2.24, 2.45) is 0 Å². The van der Waals surface area contributed by atoms with E-state index < -0.39 is 15.9 Å². The molecule has 0 saturated carbocycles. The zero-order valence-corrected chi connectivity index (χ0v) is 19.1. The third-order valence-corrected chi connectivity index (χ3v) is 7.77. The van der Waals surface area contributed by atoms with E-state index in [9.17, 15) is 13.2 Å². The summed E-state index contributed by atoms with van der Waals surface area (Å²) in [6, 6.07) is 18.6. The minimum absolute atomic E-state index is 0.0340. The van der Waals surface area contributed by atoms with Crippen molar-refractivity contribution < 1.29 is 13.2 Å². The van der Waals surface area contributed by atoms with Crippen molar-refractivity contribution in [2.75, 3.05) is 16.7 Å². The first kappa shape index (κ1) is 21.3. The highest BCUT2D eigenvalue weighted by molar-refractivity contribution is 7.92. The van der Waals surface area contributed by atoms with Gasteiger partial charge in [0.25, 0.3) is 15.9 Å². The van der Waals surface area contributed by atoms with Gasteiger partial charge in [-0.25, -0.2) is 13.4 Å². The molecule has 6 nitrogen and oxygen atoms in total. The fourth-order valence-electron chi connectivity index (χ4n) is 3.02. The monoisotopic (exact) mass is 471 g/mol. The molecule has 1 N–H and O–H groups in total. The number of aryl methyl sites for hydroxylation is 1. The maximum Gasteiger partial charge on any atom is 0.264 e. The first-order valence-corrected chi connectivity index (χ1v) is 11.9. The van der Waals surface area contributed by atoms with E-state index in [2.05, 4.69) is 10.3 Å². The van der Waals surface area contributed by atoms with Gasteiger partial charge in [-0.3, -0.25) is 14.4 Å². The van der Waals surface area contributed by atoms with Crippen LogP contribution in [0.5, 0.6) is 0 Å². The lowest BCUT2D eigenvalue weighted by atomic mass is 10.2. The number of anilines is 2. The van der Waals surface area contributed by atoms with Crippen molar-refractivity contribution in [1.29, 1.82) is 0 Å². The maximum atomic E-state index is 13.1. The Balaban J connectivity index is 1.64. The van der Waals surface area contributed by atoms with Crippen molar-refractivity contribution in [1.82, 2.24) is 4.98 Å². The Kier molecular flexibility index (Phi) is 5.70. The quantitative estimate of drug-likeness (QED) is 0.426. The highest BCUT2D eigenvalue weighted by Gasteiger charge is 2.24. The molecule has 0 atom stereocenters. The lowest BCUT2D eigenvalue weighted by Crippen LogP contribution is -2.27. The molecular formula is C22H18ClN3O3S2. The Labute approximate surface area is 189 Å². The largest absolute Gasteiger partial charge is 0.298 e. The summed E-state index contributed by atoms with van der Waals surface area (Å²) in [5, 5.41) is 3.29. The lowest BCUT2D eigenvalue weighted by Gasteiger charge is -2.20. The third kappa shape index (κ3) is 4.27. The van der Waals surface area contributed by atoms with Crippen LogP contribution in [0.25, 0.3) is 10.2 Å². The molecule has 1 amide bonds. The number of sulfonamides is 1. The maximum absolute atomic E-state index is 13.1. The van der Waals surface area contributed by atoms with E-state index in [1.807, 2.05) is 25.1 Å². The van der Waals surface area contributed by atoms with Crippen LogP contribution < -0.4 is 9.62 Å². The van der Waals surface area contributed by atoms with Crippen LogP contribution in [0.15, 0.2) is 71.6 Å². The standard InChI is InChI=1S/C22H18ClN3O3S2/c1-14-8-11-19-20(12-14)30-22(24-19)25-21(27)17-13-16(9-10-18(17)23)31(28,29)26(2)15-6-4-3-5-7-15/h3-13H,1-2H3,(H,24,25,27). The molecule has 0 saturated heterocycles. The number of carbonyl (C=O) groups is 1. The second-order valence-corrected chi connectivity index (χ2v) is 10.3.